The number of rotatable bonds is 7. The van der Waals surface area contributed by atoms with Gasteiger partial charge in [0.2, 0.25) is 0 Å². The van der Waals surface area contributed by atoms with Crippen molar-refractivity contribution in [2.45, 2.75) is 147 Å². The Morgan fingerprint density at radius 2 is 1.09 bits per heavy atom. The topological polar surface area (TPSA) is 386 Å². The highest BCUT2D eigenvalue weighted by Crippen LogP contribution is 2.31. The Hall–Kier alpha value is -3.13. The van der Waals surface area contributed by atoms with Crippen molar-refractivity contribution in [1.82, 2.24) is 10.6 Å². The molecule has 0 radical (unpaired) electrons. The van der Waals surface area contributed by atoms with Gasteiger partial charge >= 0.3 is 0 Å². The molecule has 0 bridgehead atoms. The minimum Gasteiger partial charge on any atom is -0.481 e. The van der Waals surface area contributed by atoms with Crippen molar-refractivity contribution < 1.29 is 83.8 Å². The van der Waals surface area contributed by atoms with E-state index in [-0.39, 0.29) is 24.8 Å². The normalized spacial score (nSPS) is 33.6. The molecule has 1 aliphatic carbocycles. The van der Waals surface area contributed by atoms with Gasteiger partial charge in [0, 0.05) is 52.7 Å². The first kappa shape index (κ1) is 54.2. The van der Waals surface area contributed by atoms with Crippen LogP contribution in [0.4, 0.5) is 0 Å². The lowest BCUT2D eigenvalue weighted by molar-refractivity contribution is -0.307. The molecule has 22 heteroatoms. The van der Waals surface area contributed by atoms with Gasteiger partial charge in [0.15, 0.2) is 12.6 Å². The van der Waals surface area contributed by atoms with Crippen molar-refractivity contribution in [2.75, 3.05) is 20.7 Å². The fraction of sp³-hybridized carbons (Fsp3) is 0.839. The van der Waals surface area contributed by atoms with Gasteiger partial charge in [-0.25, -0.2) is 0 Å². The molecule has 2 saturated heterocycles. The lowest BCUT2D eigenvalue weighted by Gasteiger charge is -2.48. The van der Waals surface area contributed by atoms with Gasteiger partial charge in [-0.05, 0) is 47.2 Å². The number of carbonyl (C=O) groups is 5. The first-order chi connectivity index (χ1) is 24.2. The second-order valence-electron chi connectivity index (χ2n) is 12.5. The van der Waals surface area contributed by atoms with Crippen molar-refractivity contribution in [3.8, 4) is 0 Å². The van der Waals surface area contributed by atoms with Crippen LogP contribution in [0.5, 0.6) is 0 Å². The van der Waals surface area contributed by atoms with E-state index in [9.17, 15) is 15.3 Å². The predicted octanol–water partition coefficient (Wildman–Crippen LogP) is -2.87. The van der Waals surface area contributed by atoms with Crippen LogP contribution in [0.25, 0.3) is 0 Å². The number of carboxylic acids is 5. The van der Waals surface area contributed by atoms with E-state index in [0.29, 0.717) is 12.8 Å². The SMILES string of the molecule is CC(=O)O.CC(=O)O.CC(=O)O.CC(=O)O.CC(=O)O.CNC1C(O)C(OC2C(N)CC(N)C(OC3OC([C@@H](C)NC)CCC3N)C2O)OCC1(C)O. The molecule has 2 heterocycles. The Labute approximate surface area is 308 Å². The van der Waals surface area contributed by atoms with Gasteiger partial charge in [0.05, 0.1) is 24.8 Å². The van der Waals surface area contributed by atoms with Gasteiger partial charge in [0.1, 0.15) is 30.0 Å². The number of aliphatic hydroxyl groups is 3. The zero-order chi connectivity index (χ0) is 42.4. The third-order valence-electron chi connectivity index (χ3n) is 7.24. The molecule has 314 valence electrons. The molecule has 3 fully saturated rings. The first-order valence-electron chi connectivity index (χ1n) is 16.4. The highest BCUT2D eigenvalue weighted by atomic mass is 16.7. The van der Waals surface area contributed by atoms with E-state index in [2.05, 4.69) is 10.6 Å². The molecule has 0 aromatic rings. The van der Waals surface area contributed by atoms with E-state index in [1.54, 1.807) is 14.0 Å². The highest BCUT2D eigenvalue weighted by molar-refractivity contribution is 5.63. The number of ether oxygens (including phenoxy) is 4. The summed E-state index contributed by atoms with van der Waals surface area (Å²) in [5.41, 5.74) is 17.5. The molecular weight excluding hydrogens is 714 g/mol. The number of hydrogen-bond acceptors (Lipinski definition) is 17. The van der Waals surface area contributed by atoms with Gasteiger partial charge in [-0.2, -0.15) is 0 Å². The summed E-state index contributed by atoms with van der Waals surface area (Å²) in [5, 5.41) is 75.4. The zero-order valence-corrected chi connectivity index (χ0v) is 31.7. The summed E-state index contributed by atoms with van der Waals surface area (Å²) in [5.74, 6) is -4.17. The van der Waals surface area contributed by atoms with E-state index in [0.717, 1.165) is 41.0 Å². The van der Waals surface area contributed by atoms with Gasteiger partial charge in [0.25, 0.3) is 29.8 Å². The minimum atomic E-state index is -1.29. The Morgan fingerprint density at radius 3 is 1.45 bits per heavy atom. The van der Waals surface area contributed by atoms with E-state index in [4.69, 9.17) is 85.7 Å². The molecule has 3 rings (SSSR count). The number of carboxylic acid groups (broad SMARTS) is 5. The molecule has 13 atom stereocenters. The Morgan fingerprint density at radius 1 is 0.717 bits per heavy atom. The fourth-order valence-electron chi connectivity index (χ4n) is 5.04. The summed E-state index contributed by atoms with van der Waals surface area (Å²) < 4.78 is 23.7. The predicted molar refractivity (Wildman–Crippen MR) is 186 cm³/mol. The molecule has 0 aromatic heterocycles. The van der Waals surface area contributed by atoms with Gasteiger partial charge in [-0.15, -0.1) is 0 Å². The average molecular weight is 778 g/mol. The number of hydrogen-bond donors (Lipinski definition) is 13. The maximum absolute atomic E-state index is 11.1. The minimum absolute atomic E-state index is 0.0620. The van der Waals surface area contributed by atoms with Crippen LogP contribution in [-0.4, -0.2) is 170 Å². The van der Waals surface area contributed by atoms with E-state index < -0.39 is 90.6 Å². The number of nitrogens with one attached hydrogen (secondary N) is 2. The van der Waals surface area contributed by atoms with Crippen molar-refractivity contribution in [1.29, 1.82) is 0 Å². The maximum Gasteiger partial charge on any atom is 0.300 e. The number of nitrogens with two attached hydrogens (primary N) is 3. The second-order valence-corrected chi connectivity index (χ2v) is 12.5. The molecular formula is C31H63N5O17. The van der Waals surface area contributed by atoms with Crippen LogP contribution in [-0.2, 0) is 42.9 Å². The molecule has 0 amide bonds. The maximum atomic E-state index is 11.1. The second kappa shape index (κ2) is 27.5. The number of aliphatic hydroxyl groups excluding tert-OH is 2. The molecule has 1 saturated carbocycles. The summed E-state index contributed by atoms with van der Waals surface area (Å²) in [7, 11) is 3.49. The molecule has 53 heavy (non-hydrogen) atoms. The van der Waals surface area contributed by atoms with Gasteiger partial charge in [-0.1, -0.05) is 0 Å². The Bertz CT molecular complexity index is 998. The average Bonchev–Trinajstić information content (AvgIpc) is 2.97. The summed E-state index contributed by atoms with van der Waals surface area (Å²) in [6.45, 7) is 8.94. The van der Waals surface area contributed by atoms with Crippen LogP contribution in [0.2, 0.25) is 0 Å². The third-order valence-corrected chi connectivity index (χ3v) is 7.24. The largest absolute Gasteiger partial charge is 0.481 e. The fourth-order valence-corrected chi connectivity index (χ4v) is 5.04. The highest BCUT2D eigenvalue weighted by Gasteiger charge is 2.51. The van der Waals surface area contributed by atoms with Gasteiger partial charge < -0.3 is 87.6 Å². The van der Waals surface area contributed by atoms with Crippen molar-refractivity contribution >= 4 is 29.8 Å². The first-order valence-corrected chi connectivity index (χ1v) is 16.4. The Kier molecular flexibility index (Phi) is 28.1. The van der Waals surface area contributed by atoms with Crippen molar-refractivity contribution in [2.24, 2.45) is 17.2 Å². The molecule has 3 aliphatic rings. The summed E-state index contributed by atoms with van der Waals surface area (Å²) >= 11 is 0. The zero-order valence-electron chi connectivity index (χ0n) is 31.7. The molecule has 22 nitrogen and oxygen atoms in total. The monoisotopic (exact) mass is 777 g/mol. The van der Waals surface area contributed by atoms with Gasteiger partial charge in [-0.3, -0.25) is 24.0 Å². The number of aliphatic carboxylic acids is 5. The number of likely N-dealkylation sites (N-methyl/N-ethyl adjacent to an activating group) is 2. The van der Waals surface area contributed by atoms with E-state index >= 15 is 0 Å². The van der Waals surface area contributed by atoms with Crippen LogP contribution in [0.3, 0.4) is 0 Å². The van der Waals surface area contributed by atoms with Crippen LogP contribution in [0.1, 0.15) is 67.7 Å². The van der Waals surface area contributed by atoms with E-state index in [1.807, 2.05) is 14.0 Å². The standard InChI is InChI=1S/C21H43N5O7.5C2H4O2/c1-9(25-3)13-6-5-10(22)19(31-13)32-16-11(23)7-12(24)17(14(16)27)33-20-15(28)18(26-4)21(2,29)8-30-20;5*1-2(3)4/h9-20,25-29H,5-8,22-24H2,1-4H3;5*1H3,(H,3,4)/t9-,10?,11?,12?,13?,14?,15?,16?,17?,18?,19?,20?,21?;;;;;/m1...../s1. The quantitative estimate of drug-likeness (QED) is 0.123. The smallest absolute Gasteiger partial charge is 0.300 e. The molecule has 12 unspecified atom stereocenters. The van der Waals surface area contributed by atoms with Crippen LogP contribution < -0.4 is 27.8 Å². The van der Waals surface area contributed by atoms with E-state index in [1.165, 1.54) is 0 Å². The van der Waals surface area contributed by atoms with Crippen LogP contribution >= 0.6 is 0 Å². The molecule has 2 aliphatic heterocycles. The van der Waals surface area contributed by atoms with Crippen molar-refractivity contribution in [3.63, 3.8) is 0 Å². The van der Waals surface area contributed by atoms with Crippen LogP contribution in [0.15, 0.2) is 0 Å². The summed E-state index contributed by atoms with van der Waals surface area (Å²) in [6, 6.07) is -2.11. The Balaban J connectivity index is -0.00000103. The molecule has 0 spiro atoms. The lowest BCUT2D eigenvalue weighted by atomic mass is 9.84. The molecule has 0 aromatic carbocycles. The molecule has 16 N–H and O–H groups in total. The third kappa shape index (κ3) is 24.7. The lowest BCUT2D eigenvalue weighted by Crippen LogP contribution is -2.68. The summed E-state index contributed by atoms with van der Waals surface area (Å²) in [6.07, 6.45) is -4.22. The van der Waals surface area contributed by atoms with Crippen molar-refractivity contribution in [3.05, 3.63) is 0 Å². The summed E-state index contributed by atoms with van der Waals surface area (Å²) in [4.78, 5) is 45.0. The van der Waals surface area contributed by atoms with Crippen LogP contribution in [0, 0.1) is 0 Å².